The zero-order valence-corrected chi connectivity index (χ0v) is 12.4. The van der Waals surface area contributed by atoms with Crippen molar-refractivity contribution in [2.24, 2.45) is 0 Å². The molecule has 1 aliphatic heterocycles. The fourth-order valence-corrected chi connectivity index (χ4v) is 5.26. The summed E-state index contributed by atoms with van der Waals surface area (Å²) in [6, 6.07) is 5.29. The van der Waals surface area contributed by atoms with Crippen molar-refractivity contribution in [3.05, 3.63) is 29.5 Å². The summed E-state index contributed by atoms with van der Waals surface area (Å²) in [7, 11) is -3.59. The Kier molecular flexibility index (Phi) is 3.46. The average molecular weight is 318 g/mol. The van der Waals surface area contributed by atoms with Crippen LogP contribution in [0.1, 0.15) is 0 Å². The van der Waals surface area contributed by atoms with Gasteiger partial charge in [-0.05, 0) is 12.1 Å². The summed E-state index contributed by atoms with van der Waals surface area (Å²) in [6.07, 6.45) is 1.67. The zero-order valence-electron chi connectivity index (χ0n) is 9.99. The number of aromatic nitrogens is 2. The van der Waals surface area contributed by atoms with Gasteiger partial charge < -0.3 is 0 Å². The molecule has 8 heteroatoms. The lowest BCUT2D eigenvalue weighted by Crippen LogP contribution is -2.38. The first-order valence-electron chi connectivity index (χ1n) is 5.81. The molecule has 2 aromatic heterocycles. The Labute approximate surface area is 120 Å². The molecule has 102 valence electrons. The SMILES string of the molecule is O=S(=O)(c1c(Cl)nc2ccccn12)N1CCSCC1. The molecule has 1 fully saturated rings. The largest absolute Gasteiger partial charge is 0.288 e. The molecule has 2 aromatic rings. The summed E-state index contributed by atoms with van der Waals surface area (Å²) >= 11 is 7.79. The highest BCUT2D eigenvalue weighted by Gasteiger charge is 2.31. The van der Waals surface area contributed by atoms with Crippen LogP contribution >= 0.6 is 23.4 Å². The fourth-order valence-electron chi connectivity index (χ4n) is 2.08. The highest BCUT2D eigenvalue weighted by molar-refractivity contribution is 7.99. The van der Waals surface area contributed by atoms with Crippen LogP contribution in [-0.2, 0) is 10.0 Å². The smallest absolute Gasteiger partial charge is 0.262 e. The number of hydrogen-bond donors (Lipinski definition) is 0. The molecule has 0 bridgehead atoms. The van der Waals surface area contributed by atoms with Crippen molar-refractivity contribution in [2.45, 2.75) is 5.03 Å². The molecular formula is C11H12ClN3O2S2. The standard InChI is InChI=1S/C11H12ClN3O2S2/c12-10-11(15-4-2-1-3-9(15)13-10)19(16,17)14-5-7-18-8-6-14/h1-4H,5-8H2. The van der Waals surface area contributed by atoms with Gasteiger partial charge in [-0.25, -0.2) is 13.4 Å². The second-order valence-electron chi connectivity index (χ2n) is 4.15. The third-order valence-electron chi connectivity index (χ3n) is 3.00. The number of rotatable bonds is 2. The molecule has 1 aliphatic rings. The van der Waals surface area contributed by atoms with E-state index >= 15 is 0 Å². The van der Waals surface area contributed by atoms with Crippen molar-refractivity contribution >= 4 is 39.0 Å². The minimum atomic E-state index is -3.59. The van der Waals surface area contributed by atoms with E-state index in [-0.39, 0.29) is 10.2 Å². The summed E-state index contributed by atoms with van der Waals surface area (Å²) in [4.78, 5) is 4.09. The van der Waals surface area contributed by atoms with E-state index in [1.165, 1.54) is 8.71 Å². The lowest BCUT2D eigenvalue weighted by Gasteiger charge is -2.25. The van der Waals surface area contributed by atoms with Crippen LogP contribution in [0.2, 0.25) is 5.15 Å². The quantitative estimate of drug-likeness (QED) is 0.846. The van der Waals surface area contributed by atoms with Gasteiger partial charge in [0, 0.05) is 30.8 Å². The summed E-state index contributed by atoms with van der Waals surface area (Å²) in [6.45, 7) is 1.03. The van der Waals surface area contributed by atoms with Gasteiger partial charge in [-0.1, -0.05) is 17.7 Å². The van der Waals surface area contributed by atoms with Gasteiger partial charge >= 0.3 is 0 Å². The predicted octanol–water partition coefficient (Wildman–Crippen LogP) is 1.73. The second-order valence-corrected chi connectivity index (χ2v) is 7.59. The first kappa shape index (κ1) is 13.2. The van der Waals surface area contributed by atoms with Gasteiger partial charge in [0.15, 0.2) is 10.2 Å². The molecular weight excluding hydrogens is 306 g/mol. The third-order valence-corrected chi connectivity index (χ3v) is 6.24. The molecule has 0 atom stereocenters. The van der Waals surface area contributed by atoms with Crippen molar-refractivity contribution in [2.75, 3.05) is 24.6 Å². The fraction of sp³-hybridized carbons (Fsp3) is 0.364. The van der Waals surface area contributed by atoms with Crippen LogP contribution in [0.5, 0.6) is 0 Å². The van der Waals surface area contributed by atoms with E-state index in [0.29, 0.717) is 18.7 Å². The third kappa shape index (κ3) is 2.24. The highest BCUT2D eigenvalue weighted by atomic mass is 35.5. The molecule has 19 heavy (non-hydrogen) atoms. The number of sulfonamides is 1. The van der Waals surface area contributed by atoms with E-state index in [9.17, 15) is 8.42 Å². The Bertz CT molecular complexity index is 708. The molecule has 3 heterocycles. The Morgan fingerprint density at radius 3 is 2.74 bits per heavy atom. The van der Waals surface area contributed by atoms with E-state index in [1.807, 2.05) is 0 Å². The van der Waals surface area contributed by atoms with E-state index in [4.69, 9.17) is 11.6 Å². The minimum Gasteiger partial charge on any atom is -0.288 e. The van der Waals surface area contributed by atoms with Crippen LogP contribution < -0.4 is 0 Å². The Morgan fingerprint density at radius 1 is 1.26 bits per heavy atom. The Balaban J connectivity index is 2.15. The van der Waals surface area contributed by atoms with Gasteiger partial charge in [0.25, 0.3) is 10.0 Å². The summed E-state index contributed by atoms with van der Waals surface area (Å²) in [5, 5.41) is 0.0982. The Morgan fingerprint density at radius 2 is 2.00 bits per heavy atom. The van der Waals surface area contributed by atoms with Gasteiger partial charge in [-0.15, -0.1) is 0 Å². The number of pyridine rings is 1. The van der Waals surface area contributed by atoms with Crippen LogP contribution in [-0.4, -0.2) is 46.7 Å². The normalized spacial score (nSPS) is 17.9. The highest BCUT2D eigenvalue weighted by Crippen LogP contribution is 2.27. The number of nitrogens with zero attached hydrogens (tertiary/aromatic N) is 3. The van der Waals surface area contributed by atoms with Crippen LogP contribution in [0.4, 0.5) is 0 Å². The lowest BCUT2D eigenvalue weighted by molar-refractivity contribution is 0.440. The molecule has 0 N–H and O–H groups in total. The minimum absolute atomic E-state index is 0.0319. The molecule has 0 amide bonds. The molecule has 0 unspecified atom stereocenters. The first-order chi connectivity index (χ1) is 9.10. The van der Waals surface area contributed by atoms with Crippen molar-refractivity contribution in [3.63, 3.8) is 0 Å². The van der Waals surface area contributed by atoms with Crippen LogP contribution in [0, 0.1) is 0 Å². The number of halogens is 1. The maximum Gasteiger partial charge on any atom is 0.262 e. The van der Waals surface area contributed by atoms with Gasteiger partial charge in [0.2, 0.25) is 0 Å². The predicted molar refractivity (Wildman–Crippen MR) is 76.3 cm³/mol. The number of thioether (sulfide) groups is 1. The first-order valence-corrected chi connectivity index (χ1v) is 8.78. The molecule has 0 aromatic carbocycles. The molecule has 0 aliphatic carbocycles. The molecule has 0 radical (unpaired) electrons. The van der Waals surface area contributed by atoms with Crippen LogP contribution in [0.25, 0.3) is 5.65 Å². The molecule has 0 spiro atoms. The van der Waals surface area contributed by atoms with E-state index in [1.54, 1.807) is 36.2 Å². The molecule has 1 saturated heterocycles. The lowest BCUT2D eigenvalue weighted by atomic mass is 10.5. The monoisotopic (exact) mass is 317 g/mol. The van der Waals surface area contributed by atoms with Gasteiger partial charge in [-0.3, -0.25) is 4.40 Å². The molecule has 0 saturated carbocycles. The van der Waals surface area contributed by atoms with Crippen molar-refractivity contribution < 1.29 is 8.42 Å². The maximum absolute atomic E-state index is 12.7. The van der Waals surface area contributed by atoms with Crippen LogP contribution in [0.3, 0.4) is 0 Å². The molecule has 3 rings (SSSR count). The summed E-state index contributed by atoms with van der Waals surface area (Å²) in [5.41, 5.74) is 0.539. The summed E-state index contributed by atoms with van der Waals surface area (Å²) in [5.74, 6) is 1.63. The van der Waals surface area contributed by atoms with E-state index in [2.05, 4.69) is 4.98 Å². The average Bonchev–Trinajstić information content (AvgIpc) is 2.76. The summed E-state index contributed by atoms with van der Waals surface area (Å²) < 4.78 is 28.3. The van der Waals surface area contributed by atoms with Crippen molar-refractivity contribution in [1.29, 1.82) is 0 Å². The van der Waals surface area contributed by atoms with Gasteiger partial charge in [0.05, 0.1) is 0 Å². The van der Waals surface area contributed by atoms with Gasteiger partial charge in [0.1, 0.15) is 5.65 Å². The molecule has 5 nitrogen and oxygen atoms in total. The number of fused-ring (bicyclic) bond motifs is 1. The number of hydrogen-bond acceptors (Lipinski definition) is 4. The maximum atomic E-state index is 12.7. The van der Waals surface area contributed by atoms with E-state index in [0.717, 1.165) is 11.5 Å². The van der Waals surface area contributed by atoms with Crippen molar-refractivity contribution in [3.8, 4) is 0 Å². The van der Waals surface area contributed by atoms with Gasteiger partial charge in [-0.2, -0.15) is 16.1 Å². The Hall–Kier alpha value is -0.760. The van der Waals surface area contributed by atoms with E-state index < -0.39 is 10.0 Å². The van der Waals surface area contributed by atoms with Crippen LogP contribution in [0.15, 0.2) is 29.4 Å². The zero-order chi connectivity index (χ0) is 13.5. The number of imidazole rings is 1. The second kappa shape index (κ2) is 4.97. The topological polar surface area (TPSA) is 54.7 Å². The van der Waals surface area contributed by atoms with Crippen molar-refractivity contribution in [1.82, 2.24) is 13.7 Å².